The van der Waals surface area contributed by atoms with Crippen LogP contribution in [0.15, 0.2) is 54.2 Å². The standard InChI is InChI=1S/C33H48O11Si/c1-23(34)41-22-31(43-32(3,39-6)40-7)29(42-24(2)35)15-11-14-26-27(36)18-20-33(26,44-45(8,9)10)19-12-13-25-16-17-28(37-4)30(21-25)38-5/h11,14-18,20-21,29,31H,12-13,19,22H2,1-10H3. The van der Waals surface area contributed by atoms with E-state index in [1.165, 1.54) is 41.1 Å². The van der Waals surface area contributed by atoms with Crippen molar-refractivity contribution in [2.24, 2.45) is 0 Å². The van der Waals surface area contributed by atoms with Gasteiger partial charge in [-0.2, -0.15) is 0 Å². The number of rotatable bonds is 18. The van der Waals surface area contributed by atoms with Crippen molar-refractivity contribution in [3.05, 3.63) is 59.7 Å². The Hall–Kier alpha value is -3.29. The van der Waals surface area contributed by atoms with Crippen LogP contribution < -0.4 is 9.47 Å². The summed E-state index contributed by atoms with van der Waals surface area (Å²) in [5, 5.41) is 0. The highest BCUT2D eigenvalue weighted by Crippen LogP contribution is 2.38. The van der Waals surface area contributed by atoms with Gasteiger partial charge in [-0.25, -0.2) is 0 Å². The molecule has 1 aliphatic rings. The molecule has 2 rings (SSSR count). The predicted octanol–water partition coefficient (Wildman–Crippen LogP) is 5.08. The summed E-state index contributed by atoms with van der Waals surface area (Å²) in [6.07, 6.45) is 8.20. The molecule has 1 aromatic rings. The largest absolute Gasteiger partial charge is 0.493 e. The van der Waals surface area contributed by atoms with Gasteiger partial charge in [0, 0.05) is 40.6 Å². The lowest BCUT2D eigenvalue weighted by Gasteiger charge is -2.36. The Kier molecular flexibility index (Phi) is 14.2. The zero-order chi connectivity index (χ0) is 33.8. The second-order valence-electron chi connectivity index (χ2n) is 11.6. The maximum Gasteiger partial charge on any atom is 0.303 e. The van der Waals surface area contributed by atoms with Crippen LogP contribution in [0.1, 0.15) is 39.2 Å². The zero-order valence-corrected chi connectivity index (χ0v) is 29.1. The fourth-order valence-corrected chi connectivity index (χ4v) is 6.23. The highest BCUT2D eigenvalue weighted by atomic mass is 28.4. The van der Waals surface area contributed by atoms with Crippen LogP contribution in [0.25, 0.3) is 0 Å². The first-order valence-electron chi connectivity index (χ1n) is 14.7. The summed E-state index contributed by atoms with van der Waals surface area (Å²) in [7, 11) is 3.81. The Morgan fingerprint density at radius 1 is 1.00 bits per heavy atom. The summed E-state index contributed by atoms with van der Waals surface area (Å²) < 4.78 is 44.8. The first-order chi connectivity index (χ1) is 21.1. The molecule has 1 aliphatic carbocycles. The van der Waals surface area contributed by atoms with Gasteiger partial charge in [-0.05, 0) is 74.8 Å². The van der Waals surface area contributed by atoms with E-state index >= 15 is 0 Å². The molecular weight excluding hydrogens is 600 g/mol. The SMILES string of the molecule is COc1ccc(CCCC2(O[Si](C)(C)C)C=CC(=O)C2=CC=CC(OC(C)=O)C(COC(C)=O)OC(C)(OC)OC)cc1OC. The van der Waals surface area contributed by atoms with Gasteiger partial charge < -0.3 is 37.6 Å². The van der Waals surface area contributed by atoms with E-state index in [-0.39, 0.29) is 12.4 Å². The lowest BCUT2D eigenvalue weighted by atomic mass is 9.89. The summed E-state index contributed by atoms with van der Waals surface area (Å²) in [5.41, 5.74) is 0.598. The van der Waals surface area contributed by atoms with Gasteiger partial charge in [-0.1, -0.05) is 18.2 Å². The zero-order valence-electron chi connectivity index (χ0n) is 28.1. The van der Waals surface area contributed by atoms with E-state index in [4.69, 9.17) is 37.6 Å². The molecule has 3 unspecified atom stereocenters. The molecule has 250 valence electrons. The molecule has 3 atom stereocenters. The second kappa shape index (κ2) is 16.9. The topological polar surface area (TPSA) is 125 Å². The van der Waals surface area contributed by atoms with Gasteiger partial charge in [0.25, 0.3) is 5.97 Å². The molecule has 11 nitrogen and oxygen atoms in total. The van der Waals surface area contributed by atoms with Crippen LogP contribution >= 0.6 is 0 Å². The highest BCUT2D eigenvalue weighted by Gasteiger charge is 2.43. The number of aryl methyl sites for hydroxylation is 1. The van der Waals surface area contributed by atoms with Crippen molar-refractivity contribution in [1.29, 1.82) is 0 Å². The number of carbonyl (C=O) groups is 3. The summed E-state index contributed by atoms with van der Waals surface area (Å²) in [6.45, 7) is 10.00. The Labute approximate surface area is 267 Å². The number of methoxy groups -OCH3 is 4. The molecule has 1 aromatic carbocycles. The first-order valence-corrected chi connectivity index (χ1v) is 18.1. The maximum atomic E-state index is 13.2. The number of hydrogen-bond donors (Lipinski definition) is 0. The minimum absolute atomic E-state index is 0.174. The lowest BCUT2D eigenvalue weighted by Crippen LogP contribution is -2.45. The van der Waals surface area contributed by atoms with E-state index in [1.54, 1.807) is 32.4 Å². The Morgan fingerprint density at radius 3 is 2.22 bits per heavy atom. The van der Waals surface area contributed by atoms with Crippen LogP contribution in [0.2, 0.25) is 19.6 Å². The van der Waals surface area contributed by atoms with Gasteiger partial charge in [-0.3, -0.25) is 14.4 Å². The molecular formula is C33H48O11Si. The molecule has 0 N–H and O–H groups in total. The fourth-order valence-electron chi connectivity index (χ4n) is 4.86. The van der Waals surface area contributed by atoms with Crippen LogP contribution in [0.3, 0.4) is 0 Å². The maximum absolute atomic E-state index is 13.2. The molecule has 0 saturated carbocycles. The molecule has 0 aromatic heterocycles. The fraction of sp³-hybridized carbons (Fsp3) is 0.545. The molecule has 45 heavy (non-hydrogen) atoms. The molecule has 0 fully saturated rings. The highest BCUT2D eigenvalue weighted by molar-refractivity contribution is 6.70. The normalized spacial score (nSPS) is 19.2. The van der Waals surface area contributed by atoms with Crippen LogP contribution in [0.5, 0.6) is 11.5 Å². The molecule has 12 heteroatoms. The van der Waals surface area contributed by atoms with Crippen LogP contribution in [0, 0.1) is 0 Å². The van der Waals surface area contributed by atoms with Gasteiger partial charge in [0.05, 0.1) is 14.2 Å². The summed E-state index contributed by atoms with van der Waals surface area (Å²) >= 11 is 0. The molecule has 0 spiro atoms. The minimum atomic E-state index is -2.15. The molecule has 0 radical (unpaired) electrons. The van der Waals surface area contributed by atoms with Crippen molar-refractivity contribution >= 4 is 26.0 Å². The average molecular weight is 649 g/mol. The Morgan fingerprint density at radius 2 is 1.67 bits per heavy atom. The number of carbonyl (C=O) groups excluding carboxylic acids is 3. The third-order valence-corrected chi connectivity index (χ3v) is 7.94. The molecule has 0 bridgehead atoms. The van der Waals surface area contributed by atoms with Gasteiger partial charge in [0.2, 0.25) is 0 Å². The van der Waals surface area contributed by atoms with Crippen molar-refractivity contribution in [2.45, 2.75) is 83.5 Å². The van der Waals surface area contributed by atoms with Crippen molar-refractivity contribution in [1.82, 2.24) is 0 Å². The monoisotopic (exact) mass is 648 g/mol. The number of ketones is 1. The summed E-state index contributed by atoms with van der Waals surface area (Å²) in [4.78, 5) is 36.9. The second-order valence-corrected chi connectivity index (χ2v) is 16.0. The van der Waals surface area contributed by atoms with Crippen LogP contribution in [-0.4, -0.2) is 84.9 Å². The van der Waals surface area contributed by atoms with Gasteiger partial charge in [0.1, 0.15) is 24.4 Å². The van der Waals surface area contributed by atoms with Crippen molar-refractivity contribution in [2.75, 3.05) is 35.0 Å². The third-order valence-electron chi connectivity index (χ3n) is 6.97. The molecule has 0 heterocycles. The van der Waals surface area contributed by atoms with Crippen LogP contribution in [0.4, 0.5) is 0 Å². The van der Waals surface area contributed by atoms with Gasteiger partial charge >= 0.3 is 11.9 Å². The van der Waals surface area contributed by atoms with E-state index in [2.05, 4.69) is 19.6 Å². The third kappa shape index (κ3) is 11.5. The number of esters is 2. The lowest BCUT2D eigenvalue weighted by molar-refractivity contribution is -0.373. The number of allylic oxidation sites excluding steroid dienone is 3. The molecule has 0 amide bonds. The van der Waals surface area contributed by atoms with Crippen molar-refractivity contribution in [3.8, 4) is 11.5 Å². The van der Waals surface area contributed by atoms with E-state index < -0.39 is 44.0 Å². The van der Waals surface area contributed by atoms with Gasteiger partial charge in [0.15, 0.2) is 25.6 Å². The average Bonchev–Trinajstić information content (AvgIpc) is 3.27. The summed E-state index contributed by atoms with van der Waals surface area (Å²) in [6, 6.07) is 5.81. The first kappa shape index (κ1) is 37.9. The number of hydrogen-bond acceptors (Lipinski definition) is 11. The van der Waals surface area contributed by atoms with Gasteiger partial charge in [-0.15, -0.1) is 0 Å². The number of benzene rings is 1. The van der Waals surface area contributed by atoms with Crippen molar-refractivity contribution < 1.29 is 52.0 Å². The minimum Gasteiger partial charge on any atom is -0.493 e. The predicted molar refractivity (Wildman–Crippen MR) is 170 cm³/mol. The Balaban J connectivity index is 2.42. The quantitative estimate of drug-likeness (QED) is 0.0915. The van der Waals surface area contributed by atoms with Crippen molar-refractivity contribution in [3.63, 3.8) is 0 Å². The van der Waals surface area contributed by atoms with E-state index in [0.29, 0.717) is 23.5 Å². The Bertz CT molecular complexity index is 1260. The van der Waals surface area contributed by atoms with E-state index in [0.717, 1.165) is 18.4 Å². The molecule has 0 saturated heterocycles. The van der Waals surface area contributed by atoms with E-state index in [9.17, 15) is 14.4 Å². The van der Waals surface area contributed by atoms with E-state index in [1.807, 2.05) is 24.3 Å². The molecule has 0 aliphatic heterocycles. The van der Waals surface area contributed by atoms with Crippen LogP contribution in [-0.2, 0) is 48.9 Å². The number of ether oxygens (including phenoxy) is 7. The smallest absolute Gasteiger partial charge is 0.303 e. The summed E-state index contributed by atoms with van der Waals surface area (Å²) in [5.74, 6) is -1.52.